The number of hydrogen-bond donors (Lipinski definition) is 1. The van der Waals surface area contributed by atoms with Gasteiger partial charge in [0.25, 0.3) is 0 Å². The number of nitrogens with zero attached hydrogens (tertiary/aromatic N) is 1. The monoisotopic (exact) mass is 302 g/mol. The largest absolute Gasteiger partial charge is 0.497 e. The van der Waals surface area contributed by atoms with Crippen molar-refractivity contribution in [2.75, 3.05) is 25.7 Å². The van der Waals surface area contributed by atoms with Gasteiger partial charge in [-0.3, -0.25) is 0 Å². The Morgan fingerprint density at radius 2 is 2.00 bits per heavy atom. The van der Waals surface area contributed by atoms with Crippen molar-refractivity contribution in [1.29, 1.82) is 0 Å². The maximum absolute atomic E-state index is 14.3. The van der Waals surface area contributed by atoms with Gasteiger partial charge in [0.15, 0.2) is 0 Å². The maximum atomic E-state index is 14.3. The quantitative estimate of drug-likeness (QED) is 0.943. The number of anilines is 1. The molecule has 22 heavy (non-hydrogen) atoms. The number of para-hydroxylation sites is 2. The highest BCUT2D eigenvalue weighted by Gasteiger charge is 2.33. The zero-order chi connectivity index (χ0) is 15.7. The first-order chi connectivity index (χ1) is 10.7. The zero-order valence-electron chi connectivity index (χ0n) is 12.7. The molecule has 1 atom stereocenters. The van der Waals surface area contributed by atoms with E-state index in [2.05, 4.69) is 4.90 Å². The molecule has 3 rings (SSSR count). The van der Waals surface area contributed by atoms with Crippen LogP contribution in [0, 0.1) is 5.82 Å². The van der Waals surface area contributed by atoms with Crippen LogP contribution in [0.4, 0.5) is 10.1 Å². The summed E-state index contributed by atoms with van der Waals surface area (Å²) < 4.78 is 24.9. The lowest BCUT2D eigenvalue weighted by Gasteiger charge is -2.27. The molecule has 0 aromatic heterocycles. The highest BCUT2D eigenvalue weighted by atomic mass is 19.1. The summed E-state index contributed by atoms with van der Waals surface area (Å²) in [5.74, 6) is 1.00. The normalized spacial score (nSPS) is 16.5. The number of rotatable bonds is 4. The van der Waals surface area contributed by atoms with Gasteiger partial charge in [0.2, 0.25) is 0 Å². The maximum Gasteiger partial charge on any atom is 0.142 e. The summed E-state index contributed by atoms with van der Waals surface area (Å²) in [6.07, 6.45) is 0. The number of hydrogen-bond acceptors (Lipinski definition) is 4. The molecular weight excluding hydrogens is 283 g/mol. The first kappa shape index (κ1) is 14.7. The van der Waals surface area contributed by atoms with E-state index in [1.54, 1.807) is 7.11 Å². The van der Waals surface area contributed by atoms with Crippen LogP contribution in [0.2, 0.25) is 0 Å². The van der Waals surface area contributed by atoms with Gasteiger partial charge in [-0.15, -0.1) is 0 Å². The van der Waals surface area contributed by atoms with Crippen LogP contribution in [-0.4, -0.2) is 20.8 Å². The Labute approximate surface area is 129 Å². The van der Waals surface area contributed by atoms with Crippen LogP contribution in [0.15, 0.2) is 36.4 Å². The van der Waals surface area contributed by atoms with E-state index in [-0.39, 0.29) is 11.9 Å². The molecule has 0 saturated heterocycles. The second-order valence-corrected chi connectivity index (χ2v) is 5.23. The molecule has 0 radical (unpaired) electrons. The summed E-state index contributed by atoms with van der Waals surface area (Å²) in [7, 11) is 3.16. The molecule has 2 aromatic carbocycles. The fraction of sp³-hybridized carbons (Fsp3) is 0.294. The molecule has 2 N–H and O–H groups in total. The first-order valence-corrected chi connectivity index (χ1v) is 7.15. The molecule has 1 unspecified atom stereocenters. The summed E-state index contributed by atoms with van der Waals surface area (Å²) in [6.45, 7) is 0.852. The van der Waals surface area contributed by atoms with E-state index >= 15 is 0 Å². The summed E-state index contributed by atoms with van der Waals surface area (Å²) in [4.78, 5) is 2.08. The molecule has 0 fully saturated rings. The lowest BCUT2D eigenvalue weighted by atomic mass is 10.0. The molecule has 0 aliphatic carbocycles. The number of benzene rings is 2. The molecule has 0 spiro atoms. The minimum Gasteiger partial charge on any atom is -0.497 e. The Morgan fingerprint density at radius 3 is 2.68 bits per heavy atom. The van der Waals surface area contributed by atoms with Crippen molar-refractivity contribution in [3.05, 3.63) is 53.3 Å². The predicted octanol–water partition coefficient (Wildman–Crippen LogP) is 2.86. The molecule has 2 aromatic rings. The van der Waals surface area contributed by atoms with Crippen LogP contribution in [0.5, 0.6) is 11.5 Å². The van der Waals surface area contributed by atoms with E-state index in [0.29, 0.717) is 24.4 Å². The summed E-state index contributed by atoms with van der Waals surface area (Å²) in [5.41, 5.74) is 8.42. The minimum atomic E-state index is -0.259. The van der Waals surface area contributed by atoms with Gasteiger partial charge >= 0.3 is 0 Å². The van der Waals surface area contributed by atoms with Crippen molar-refractivity contribution < 1.29 is 13.9 Å². The fourth-order valence-electron chi connectivity index (χ4n) is 3.04. The van der Waals surface area contributed by atoms with Crippen LogP contribution >= 0.6 is 0 Å². The van der Waals surface area contributed by atoms with Crippen molar-refractivity contribution in [2.45, 2.75) is 12.6 Å². The van der Waals surface area contributed by atoms with E-state index in [9.17, 15) is 4.39 Å². The average molecular weight is 302 g/mol. The van der Waals surface area contributed by atoms with Gasteiger partial charge in [-0.1, -0.05) is 12.1 Å². The summed E-state index contributed by atoms with van der Waals surface area (Å²) >= 11 is 0. The lowest BCUT2D eigenvalue weighted by Crippen LogP contribution is -2.28. The van der Waals surface area contributed by atoms with Gasteiger partial charge in [-0.25, -0.2) is 4.39 Å². The predicted molar refractivity (Wildman–Crippen MR) is 83.9 cm³/mol. The molecule has 0 bridgehead atoms. The van der Waals surface area contributed by atoms with Gasteiger partial charge in [0, 0.05) is 24.7 Å². The first-order valence-electron chi connectivity index (χ1n) is 7.15. The topological polar surface area (TPSA) is 47.7 Å². The number of halogens is 1. The molecule has 5 heteroatoms. The van der Waals surface area contributed by atoms with E-state index in [0.717, 1.165) is 17.0 Å². The molecular formula is C17H19FN2O2. The van der Waals surface area contributed by atoms with E-state index in [4.69, 9.17) is 15.2 Å². The van der Waals surface area contributed by atoms with Crippen molar-refractivity contribution in [3.8, 4) is 11.5 Å². The number of fused-ring (bicyclic) bond motifs is 1. The Balaban J connectivity index is 2.08. The third-order valence-electron chi connectivity index (χ3n) is 4.12. The zero-order valence-corrected chi connectivity index (χ0v) is 12.7. The molecule has 1 aliphatic heterocycles. The third kappa shape index (κ3) is 2.27. The van der Waals surface area contributed by atoms with Gasteiger partial charge in [-0.05, 0) is 23.8 Å². The van der Waals surface area contributed by atoms with Crippen LogP contribution in [0.1, 0.15) is 17.2 Å². The van der Waals surface area contributed by atoms with E-state index in [1.165, 1.54) is 13.2 Å². The molecule has 116 valence electrons. The molecule has 1 aliphatic rings. The van der Waals surface area contributed by atoms with Crippen molar-refractivity contribution in [3.63, 3.8) is 0 Å². The smallest absolute Gasteiger partial charge is 0.142 e. The summed E-state index contributed by atoms with van der Waals surface area (Å²) in [5, 5.41) is 0. The van der Waals surface area contributed by atoms with Gasteiger partial charge in [0.05, 0.1) is 25.9 Å². The molecule has 1 heterocycles. The van der Waals surface area contributed by atoms with Crippen LogP contribution in [0.25, 0.3) is 0 Å². The molecule has 4 nitrogen and oxygen atoms in total. The number of ether oxygens (including phenoxy) is 2. The SMILES string of the molecule is COc1cc(F)c2c(c1)C(CN)N(c1ccccc1OC)C2. The number of nitrogens with two attached hydrogens (primary N) is 1. The van der Waals surface area contributed by atoms with Crippen LogP contribution in [-0.2, 0) is 6.54 Å². The van der Waals surface area contributed by atoms with E-state index < -0.39 is 0 Å². The van der Waals surface area contributed by atoms with Crippen molar-refractivity contribution in [2.24, 2.45) is 5.73 Å². The van der Waals surface area contributed by atoms with Crippen molar-refractivity contribution >= 4 is 5.69 Å². The second-order valence-electron chi connectivity index (χ2n) is 5.23. The third-order valence-corrected chi connectivity index (χ3v) is 4.12. The molecule has 0 saturated carbocycles. The lowest BCUT2D eigenvalue weighted by molar-refractivity contribution is 0.410. The Bertz CT molecular complexity index is 690. The Hall–Kier alpha value is -2.27. The highest BCUT2D eigenvalue weighted by Crippen LogP contribution is 2.42. The highest BCUT2D eigenvalue weighted by molar-refractivity contribution is 5.63. The summed E-state index contributed by atoms with van der Waals surface area (Å²) in [6, 6.07) is 10.9. The number of methoxy groups -OCH3 is 2. The van der Waals surface area contributed by atoms with Crippen molar-refractivity contribution in [1.82, 2.24) is 0 Å². The Morgan fingerprint density at radius 1 is 1.23 bits per heavy atom. The minimum absolute atomic E-state index is 0.101. The second kappa shape index (κ2) is 5.85. The molecule has 0 amide bonds. The van der Waals surface area contributed by atoms with Gasteiger partial charge in [0.1, 0.15) is 17.3 Å². The van der Waals surface area contributed by atoms with Gasteiger partial charge < -0.3 is 20.1 Å². The average Bonchev–Trinajstić information content (AvgIpc) is 2.93. The van der Waals surface area contributed by atoms with Crippen LogP contribution < -0.4 is 20.1 Å². The van der Waals surface area contributed by atoms with E-state index in [1.807, 2.05) is 30.3 Å². The Kier molecular flexibility index (Phi) is 3.90. The van der Waals surface area contributed by atoms with Crippen LogP contribution in [0.3, 0.4) is 0 Å². The standard InChI is InChI=1S/C17H19FN2O2/c1-21-11-7-12-13(14(18)8-11)10-20(16(12)9-19)15-5-3-4-6-17(15)22-2/h3-8,16H,9-10,19H2,1-2H3. The fourth-order valence-corrected chi connectivity index (χ4v) is 3.04. The van der Waals surface area contributed by atoms with Gasteiger partial charge in [-0.2, -0.15) is 0 Å².